The minimum atomic E-state index is -1.31. The minimum absolute atomic E-state index is 0.00470. The molecule has 3 aromatic rings. The fourth-order valence-electron chi connectivity index (χ4n) is 5.37. The molecule has 1 amide bonds. The lowest BCUT2D eigenvalue weighted by Crippen LogP contribution is -2.54. The van der Waals surface area contributed by atoms with Gasteiger partial charge < -0.3 is 23.8 Å². The summed E-state index contributed by atoms with van der Waals surface area (Å²) in [6.45, 7) is 4.21. The average molecular weight is 560 g/mol. The fraction of sp³-hybridized carbons (Fsp3) is 0.364. The summed E-state index contributed by atoms with van der Waals surface area (Å²) in [6.07, 6.45) is 0.634. The molecule has 1 heterocycles. The molecule has 0 spiro atoms. The molecule has 0 aliphatic carbocycles. The predicted molar refractivity (Wildman–Crippen MR) is 154 cm³/mol. The first-order valence-corrected chi connectivity index (χ1v) is 13.9. The Balaban J connectivity index is 1.73. The lowest BCUT2D eigenvalue weighted by molar-refractivity contribution is -0.154. The normalized spacial score (nSPS) is 16.6. The van der Waals surface area contributed by atoms with Crippen LogP contribution < -0.4 is 4.74 Å². The number of esters is 1. The lowest BCUT2D eigenvalue weighted by atomic mass is 9.70. The van der Waals surface area contributed by atoms with Crippen molar-refractivity contribution in [2.24, 2.45) is 0 Å². The second-order valence-corrected chi connectivity index (χ2v) is 10.1. The molecular weight excluding hydrogens is 522 g/mol. The maximum atomic E-state index is 14.2. The van der Waals surface area contributed by atoms with Gasteiger partial charge in [0.15, 0.2) is 12.6 Å². The van der Waals surface area contributed by atoms with Gasteiger partial charge in [0.1, 0.15) is 24.4 Å². The molecule has 1 unspecified atom stereocenters. The number of Topliss-reactive ketones (excluding diaryl/α,β-unsaturated/α-hetero) is 1. The molecular formula is C33H37NO7. The van der Waals surface area contributed by atoms with Crippen molar-refractivity contribution in [1.29, 1.82) is 0 Å². The zero-order valence-electron chi connectivity index (χ0n) is 23.9. The van der Waals surface area contributed by atoms with E-state index in [4.69, 9.17) is 18.9 Å². The number of ketones is 1. The van der Waals surface area contributed by atoms with Gasteiger partial charge in [-0.25, -0.2) is 4.79 Å². The maximum absolute atomic E-state index is 14.2. The van der Waals surface area contributed by atoms with Crippen LogP contribution in [-0.4, -0.2) is 49.7 Å². The predicted octanol–water partition coefficient (Wildman–Crippen LogP) is 5.98. The van der Waals surface area contributed by atoms with Crippen molar-refractivity contribution < 1.29 is 33.3 Å². The van der Waals surface area contributed by atoms with Gasteiger partial charge in [-0.05, 0) is 54.2 Å². The number of hydrogen-bond donors (Lipinski definition) is 0. The molecule has 0 bridgehead atoms. The molecule has 1 aliphatic rings. The third-order valence-electron chi connectivity index (χ3n) is 7.41. The molecule has 0 radical (unpaired) electrons. The Labute approximate surface area is 241 Å². The van der Waals surface area contributed by atoms with Crippen LogP contribution in [0.25, 0.3) is 0 Å². The summed E-state index contributed by atoms with van der Waals surface area (Å²) in [7, 11) is 1.52. The number of piperidine rings is 1. The molecule has 1 saturated heterocycles. The van der Waals surface area contributed by atoms with E-state index in [0.29, 0.717) is 41.8 Å². The van der Waals surface area contributed by atoms with E-state index >= 15 is 0 Å². The standard InChI is InChI=1S/C33H37NO7/c1-4-28(35)27-16-17-29(41-23-38-3)24(2)30(27)33(31(36)39-20-25-12-7-5-8-13-25)18-11-19-34(22-33)32(37)40-21-26-14-9-6-10-15-26/h5-10,12-17H,4,11,18-23H2,1-3H3. The molecule has 8 nitrogen and oxygen atoms in total. The van der Waals surface area contributed by atoms with E-state index in [-0.39, 0.29) is 38.8 Å². The van der Waals surface area contributed by atoms with Crippen molar-refractivity contribution in [1.82, 2.24) is 4.90 Å². The topological polar surface area (TPSA) is 91.4 Å². The highest BCUT2D eigenvalue weighted by Gasteiger charge is 2.49. The molecule has 1 atom stereocenters. The Morgan fingerprint density at radius 1 is 0.878 bits per heavy atom. The summed E-state index contributed by atoms with van der Waals surface area (Å²) in [4.78, 5) is 42.3. The Bertz CT molecular complexity index is 1340. The molecule has 1 fully saturated rings. The van der Waals surface area contributed by atoms with Gasteiger partial charge in [-0.1, -0.05) is 67.6 Å². The van der Waals surface area contributed by atoms with E-state index in [1.54, 1.807) is 24.0 Å². The van der Waals surface area contributed by atoms with Gasteiger partial charge in [0, 0.05) is 32.2 Å². The number of carbonyl (C=O) groups is 3. The summed E-state index contributed by atoms with van der Waals surface area (Å²) in [5.41, 5.74) is 1.97. The Hall–Kier alpha value is -4.17. The number of rotatable bonds is 11. The number of hydrogen-bond acceptors (Lipinski definition) is 7. The number of carbonyl (C=O) groups excluding carboxylic acids is 3. The monoisotopic (exact) mass is 559 g/mol. The van der Waals surface area contributed by atoms with Crippen LogP contribution in [0.2, 0.25) is 0 Å². The van der Waals surface area contributed by atoms with E-state index in [1.165, 1.54) is 7.11 Å². The van der Waals surface area contributed by atoms with Gasteiger partial charge in [0.25, 0.3) is 0 Å². The van der Waals surface area contributed by atoms with E-state index in [0.717, 1.165) is 11.1 Å². The van der Waals surface area contributed by atoms with Gasteiger partial charge >= 0.3 is 12.1 Å². The summed E-state index contributed by atoms with van der Waals surface area (Å²) in [6, 6.07) is 22.2. The summed E-state index contributed by atoms with van der Waals surface area (Å²) >= 11 is 0. The molecule has 0 N–H and O–H groups in total. The Morgan fingerprint density at radius 2 is 1.51 bits per heavy atom. The van der Waals surface area contributed by atoms with Gasteiger partial charge in [0.05, 0.1) is 0 Å². The summed E-state index contributed by atoms with van der Waals surface area (Å²) < 4.78 is 22.5. The number of amides is 1. The van der Waals surface area contributed by atoms with Crippen LogP contribution in [0.5, 0.6) is 5.75 Å². The Morgan fingerprint density at radius 3 is 2.12 bits per heavy atom. The highest BCUT2D eigenvalue weighted by Crippen LogP contribution is 2.42. The van der Waals surface area contributed by atoms with E-state index < -0.39 is 17.5 Å². The van der Waals surface area contributed by atoms with E-state index in [9.17, 15) is 14.4 Å². The van der Waals surface area contributed by atoms with Crippen LogP contribution in [0.4, 0.5) is 4.79 Å². The smallest absolute Gasteiger partial charge is 0.410 e. The van der Waals surface area contributed by atoms with Crippen molar-refractivity contribution in [3.05, 3.63) is 101 Å². The van der Waals surface area contributed by atoms with Crippen molar-refractivity contribution >= 4 is 17.8 Å². The van der Waals surface area contributed by atoms with Crippen LogP contribution in [-0.2, 0) is 37.6 Å². The van der Waals surface area contributed by atoms with Crippen LogP contribution in [0.15, 0.2) is 72.8 Å². The highest BCUT2D eigenvalue weighted by atomic mass is 16.7. The quantitative estimate of drug-likeness (QED) is 0.162. The second-order valence-electron chi connectivity index (χ2n) is 10.1. The molecule has 41 heavy (non-hydrogen) atoms. The first-order chi connectivity index (χ1) is 19.9. The Kier molecular flexibility index (Phi) is 10.1. The lowest BCUT2D eigenvalue weighted by Gasteiger charge is -2.42. The summed E-state index contributed by atoms with van der Waals surface area (Å²) in [5, 5.41) is 0. The average Bonchev–Trinajstić information content (AvgIpc) is 3.02. The molecule has 0 aromatic heterocycles. The highest BCUT2D eigenvalue weighted by molar-refractivity contribution is 6.01. The van der Waals surface area contributed by atoms with Crippen molar-refractivity contribution in [2.45, 2.75) is 51.7 Å². The minimum Gasteiger partial charge on any atom is -0.467 e. The first kappa shape index (κ1) is 29.8. The third-order valence-corrected chi connectivity index (χ3v) is 7.41. The zero-order chi connectivity index (χ0) is 29.2. The van der Waals surface area contributed by atoms with Gasteiger partial charge in [-0.15, -0.1) is 0 Å². The van der Waals surface area contributed by atoms with E-state index in [1.807, 2.05) is 67.6 Å². The van der Waals surface area contributed by atoms with Crippen molar-refractivity contribution in [2.75, 3.05) is 27.0 Å². The van der Waals surface area contributed by atoms with Crippen LogP contribution >= 0.6 is 0 Å². The summed E-state index contributed by atoms with van der Waals surface area (Å²) in [5.74, 6) is -0.118. The second kappa shape index (κ2) is 13.9. The molecule has 0 saturated carbocycles. The number of ether oxygens (including phenoxy) is 4. The van der Waals surface area contributed by atoms with Crippen LogP contribution in [0, 0.1) is 6.92 Å². The van der Waals surface area contributed by atoms with Crippen molar-refractivity contribution in [3.63, 3.8) is 0 Å². The van der Waals surface area contributed by atoms with E-state index in [2.05, 4.69) is 0 Å². The van der Waals surface area contributed by atoms with Gasteiger partial charge in [0.2, 0.25) is 0 Å². The maximum Gasteiger partial charge on any atom is 0.410 e. The third kappa shape index (κ3) is 6.95. The molecule has 216 valence electrons. The first-order valence-electron chi connectivity index (χ1n) is 13.9. The number of methoxy groups -OCH3 is 1. The van der Waals surface area contributed by atoms with Crippen LogP contribution in [0.3, 0.4) is 0 Å². The van der Waals surface area contributed by atoms with Crippen molar-refractivity contribution in [3.8, 4) is 5.75 Å². The van der Waals surface area contributed by atoms with Crippen LogP contribution in [0.1, 0.15) is 58.8 Å². The molecule has 1 aliphatic heterocycles. The SMILES string of the molecule is CCC(=O)c1ccc(OCOC)c(C)c1C1(C(=O)OCc2ccccc2)CCCN(C(=O)OCc2ccccc2)C1. The molecule has 8 heteroatoms. The number of nitrogens with zero attached hydrogens (tertiary/aromatic N) is 1. The molecule has 3 aromatic carbocycles. The number of likely N-dealkylation sites (tertiary alicyclic amines) is 1. The van der Waals surface area contributed by atoms with Gasteiger partial charge in [-0.2, -0.15) is 0 Å². The fourth-order valence-corrected chi connectivity index (χ4v) is 5.37. The number of benzene rings is 3. The zero-order valence-corrected chi connectivity index (χ0v) is 23.9. The van der Waals surface area contributed by atoms with Gasteiger partial charge in [-0.3, -0.25) is 9.59 Å². The largest absolute Gasteiger partial charge is 0.467 e. The molecule has 4 rings (SSSR count).